The van der Waals surface area contributed by atoms with Crippen molar-refractivity contribution in [3.63, 3.8) is 0 Å². The van der Waals surface area contributed by atoms with Gasteiger partial charge in [-0.1, -0.05) is 54.9 Å². The molecule has 0 aliphatic carbocycles. The van der Waals surface area contributed by atoms with Crippen LogP contribution in [0, 0.1) is 0 Å². The zero-order valence-corrected chi connectivity index (χ0v) is 16.0. The minimum atomic E-state index is -0.358. The molecule has 0 aliphatic heterocycles. The van der Waals surface area contributed by atoms with E-state index in [-0.39, 0.29) is 39.7 Å². The van der Waals surface area contributed by atoms with Gasteiger partial charge < -0.3 is 4.74 Å². The number of ketones is 1. The molecular formula is C20H16Cl2N2O3. The summed E-state index contributed by atoms with van der Waals surface area (Å²) in [5, 5.41) is 5.09. The number of benzene rings is 2. The summed E-state index contributed by atoms with van der Waals surface area (Å²) in [6.07, 6.45) is 2.12. The molecule has 0 unspecified atom stereocenters. The number of allylic oxidation sites excluding steroid dienone is 1. The lowest BCUT2D eigenvalue weighted by molar-refractivity contribution is 0.0826. The van der Waals surface area contributed by atoms with Gasteiger partial charge in [-0.15, -0.1) is 0 Å². The molecule has 0 saturated carbocycles. The second-order valence-electron chi connectivity index (χ2n) is 5.82. The predicted octanol–water partition coefficient (Wildman–Crippen LogP) is 5.21. The van der Waals surface area contributed by atoms with Gasteiger partial charge in [0.1, 0.15) is 10.8 Å². The van der Waals surface area contributed by atoms with Crippen molar-refractivity contribution >= 4 is 45.8 Å². The third-order valence-corrected chi connectivity index (χ3v) is 4.97. The Hall–Kier alpha value is -2.63. The standard InChI is InChI=1S/C20H16Cl2N2O3/c1-3-12(2)20(26)14-8-9-16(19(22)18(14)21)27-11-17(25)24-15-7-5-4-6-13(15)10-23-24/h4-10H,2-3,11H2,1H3. The minimum Gasteiger partial charge on any atom is -0.482 e. The molecule has 3 aromatic rings. The number of aromatic nitrogens is 2. The van der Waals surface area contributed by atoms with E-state index in [9.17, 15) is 9.59 Å². The zero-order valence-electron chi connectivity index (χ0n) is 14.5. The fraction of sp³-hybridized carbons (Fsp3) is 0.150. The Balaban J connectivity index is 1.78. The summed E-state index contributed by atoms with van der Waals surface area (Å²) in [4.78, 5) is 24.7. The summed E-state index contributed by atoms with van der Waals surface area (Å²) >= 11 is 12.4. The lowest BCUT2D eigenvalue weighted by Gasteiger charge is -2.12. The number of carbonyl (C=O) groups excluding carboxylic acids is 2. The second kappa shape index (κ2) is 7.94. The SMILES string of the molecule is C=C(CC)C(=O)c1ccc(OCC(=O)n2ncc3ccccc32)c(Cl)c1Cl. The molecule has 27 heavy (non-hydrogen) atoms. The van der Waals surface area contributed by atoms with Crippen LogP contribution in [0.1, 0.15) is 28.5 Å². The van der Waals surface area contributed by atoms with Crippen molar-refractivity contribution < 1.29 is 14.3 Å². The highest BCUT2D eigenvalue weighted by atomic mass is 35.5. The average Bonchev–Trinajstić information content (AvgIpc) is 3.12. The number of para-hydroxylation sites is 1. The molecule has 0 radical (unpaired) electrons. The number of nitrogens with zero attached hydrogens (tertiary/aromatic N) is 2. The van der Waals surface area contributed by atoms with Crippen LogP contribution in [0.15, 0.2) is 54.7 Å². The molecule has 138 valence electrons. The molecule has 1 heterocycles. The lowest BCUT2D eigenvalue weighted by Crippen LogP contribution is -2.20. The van der Waals surface area contributed by atoms with Crippen LogP contribution in [0.3, 0.4) is 0 Å². The first kappa shape index (κ1) is 19.1. The third kappa shape index (κ3) is 3.75. The Bertz CT molecular complexity index is 1060. The van der Waals surface area contributed by atoms with E-state index in [2.05, 4.69) is 11.7 Å². The number of Topliss-reactive ketones (excluding diaryl/α,β-unsaturated/α-hetero) is 1. The summed E-state index contributed by atoms with van der Waals surface area (Å²) in [6, 6.07) is 10.4. The largest absolute Gasteiger partial charge is 0.482 e. The molecule has 0 saturated heterocycles. The topological polar surface area (TPSA) is 61.2 Å². The molecule has 1 aromatic heterocycles. The van der Waals surface area contributed by atoms with Gasteiger partial charge in [0, 0.05) is 10.9 Å². The summed E-state index contributed by atoms with van der Waals surface area (Å²) in [7, 11) is 0. The Morgan fingerprint density at radius 3 is 2.63 bits per heavy atom. The number of hydrogen-bond acceptors (Lipinski definition) is 4. The number of fused-ring (bicyclic) bond motifs is 1. The second-order valence-corrected chi connectivity index (χ2v) is 6.58. The normalized spacial score (nSPS) is 10.8. The van der Waals surface area contributed by atoms with E-state index >= 15 is 0 Å². The highest BCUT2D eigenvalue weighted by Gasteiger charge is 2.19. The fourth-order valence-electron chi connectivity index (χ4n) is 2.54. The molecule has 5 nitrogen and oxygen atoms in total. The van der Waals surface area contributed by atoms with Crippen LogP contribution in [0.4, 0.5) is 0 Å². The highest BCUT2D eigenvalue weighted by Crippen LogP contribution is 2.35. The summed E-state index contributed by atoms with van der Waals surface area (Å²) in [5.74, 6) is -0.414. The first-order valence-electron chi connectivity index (χ1n) is 8.23. The summed E-state index contributed by atoms with van der Waals surface area (Å²) < 4.78 is 6.78. The number of carbonyl (C=O) groups is 2. The molecular weight excluding hydrogens is 387 g/mol. The summed E-state index contributed by atoms with van der Waals surface area (Å²) in [6.45, 7) is 5.27. The molecule has 3 rings (SSSR count). The van der Waals surface area contributed by atoms with Crippen LogP contribution in [0.25, 0.3) is 10.9 Å². The van der Waals surface area contributed by atoms with Crippen molar-refractivity contribution in [2.45, 2.75) is 13.3 Å². The van der Waals surface area contributed by atoms with Crippen LogP contribution < -0.4 is 4.74 Å². The van der Waals surface area contributed by atoms with Crippen LogP contribution >= 0.6 is 23.2 Å². The zero-order chi connectivity index (χ0) is 19.6. The first-order chi connectivity index (χ1) is 12.9. The van der Waals surface area contributed by atoms with E-state index in [4.69, 9.17) is 27.9 Å². The van der Waals surface area contributed by atoms with Gasteiger partial charge in [-0.2, -0.15) is 9.78 Å². The van der Waals surface area contributed by atoms with Crippen molar-refractivity contribution in [2.24, 2.45) is 0 Å². The molecule has 0 spiro atoms. The maximum Gasteiger partial charge on any atom is 0.285 e. The van der Waals surface area contributed by atoms with Gasteiger partial charge in [0.15, 0.2) is 12.4 Å². The van der Waals surface area contributed by atoms with Gasteiger partial charge in [-0.3, -0.25) is 9.59 Å². The summed E-state index contributed by atoms with van der Waals surface area (Å²) in [5.41, 5.74) is 1.38. The fourth-order valence-corrected chi connectivity index (χ4v) is 3.00. The van der Waals surface area contributed by atoms with Crippen LogP contribution in [0.5, 0.6) is 5.75 Å². The first-order valence-corrected chi connectivity index (χ1v) is 8.98. The van der Waals surface area contributed by atoms with Crippen molar-refractivity contribution in [1.82, 2.24) is 9.78 Å². The molecule has 0 atom stereocenters. The lowest BCUT2D eigenvalue weighted by atomic mass is 10.0. The molecule has 0 N–H and O–H groups in total. The minimum absolute atomic E-state index is 0.0737. The van der Waals surface area contributed by atoms with Crippen molar-refractivity contribution in [1.29, 1.82) is 0 Å². The van der Waals surface area contributed by atoms with Crippen LogP contribution in [-0.4, -0.2) is 28.1 Å². The number of hydrogen-bond donors (Lipinski definition) is 0. The molecule has 2 aromatic carbocycles. The predicted molar refractivity (Wildman–Crippen MR) is 106 cm³/mol. The van der Waals surface area contributed by atoms with E-state index in [0.29, 0.717) is 17.5 Å². The van der Waals surface area contributed by atoms with E-state index in [1.54, 1.807) is 12.3 Å². The molecule has 0 bridgehead atoms. The van der Waals surface area contributed by atoms with E-state index < -0.39 is 0 Å². The molecule has 0 aliphatic rings. The van der Waals surface area contributed by atoms with E-state index in [1.807, 2.05) is 25.1 Å². The van der Waals surface area contributed by atoms with Gasteiger partial charge in [0.2, 0.25) is 0 Å². The number of rotatable bonds is 6. The Morgan fingerprint density at radius 2 is 1.89 bits per heavy atom. The van der Waals surface area contributed by atoms with Gasteiger partial charge in [-0.25, -0.2) is 0 Å². The Kier molecular flexibility index (Phi) is 5.63. The molecule has 0 amide bonds. The number of ether oxygens (including phenoxy) is 1. The van der Waals surface area contributed by atoms with Crippen LogP contribution in [0.2, 0.25) is 10.0 Å². The van der Waals surface area contributed by atoms with Gasteiger partial charge in [-0.05, 0) is 30.2 Å². The number of halogens is 2. The van der Waals surface area contributed by atoms with Gasteiger partial charge in [0.25, 0.3) is 5.91 Å². The maximum absolute atomic E-state index is 12.4. The average molecular weight is 403 g/mol. The van der Waals surface area contributed by atoms with Gasteiger partial charge in [0.05, 0.1) is 16.7 Å². The highest BCUT2D eigenvalue weighted by molar-refractivity contribution is 6.45. The Morgan fingerprint density at radius 1 is 1.15 bits per heavy atom. The van der Waals surface area contributed by atoms with Crippen molar-refractivity contribution in [2.75, 3.05) is 6.61 Å². The van der Waals surface area contributed by atoms with Gasteiger partial charge >= 0.3 is 0 Å². The Labute approximate surface area is 166 Å². The van der Waals surface area contributed by atoms with Crippen molar-refractivity contribution in [3.05, 3.63) is 70.4 Å². The maximum atomic E-state index is 12.4. The molecule has 7 heteroatoms. The quantitative estimate of drug-likeness (QED) is 0.419. The smallest absolute Gasteiger partial charge is 0.285 e. The van der Waals surface area contributed by atoms with Crippen LogP contribution in [-0.2, 0) is 0 Å². The van der Waals surface area contributed by atoms with E-state index in [1.165, 1.54) is 16.8 Å². The monoisotopic (exact) mass is 402 g/mol. The van der Waals surface area contributed by atoms with Crippen molar-refractivity contribution in [3.8, 4) is 5.75 Å². The third-order valence-electron chi connectivity index (χ3n) is 4.10. The molecule has 0 fully saturated rings. The van der Waals surface area contributed by atoms with E-state index in [0.717, 1.165) is 5.39 Å².